The molecule has 56 valence electrons. The summed E-state index contributed by atoms with van der Waals surface area (Å²) in [6.07, 6.45) is 4.35. The molecule has 2 atom stereocenters. The second-order valence-corrected chi connectivity index (χ2v) is 3.30. The van der Waals surface area contributed by atoms with Gasteiger partial charge in [0, 0.05) is 0 Å². The van der Waals surface area contributed by atoms with Crippen LogP contribution in [0.1, 0.15) is 32.6 Å². The standard InChI is InChI=1S/C8H14N2/c1-7-4-2-3-5-8(7,10)6-9/h7H,2-5,10H2,1H3/t7-,8-/m0/s1. The van der Waals surface area contributed by atoms with Crippen LogP contribution >= 0.6 is 0 Å². The van der Waals surface area contributed by atoms with Crippen LogP contribution in [0.3, 0.4) is 0 Å². The lowest BCUT2D eigenvalue weighted by Gasteiger charge is -2.32. The van der Waals surface area contributed by atoms with Crippen LogP contribution in [-0.2, 0) is 0 Å². The summed E-state index contributed by atoms with van der Waals surface area (Å²) in [7, 11) is 0. The quantitative estimate of drug-likeness (QED) is 0.550. The number of rotatable bonds is 0. The molecule has 10 heavy (non-hydrogen) atoms. The minimum absolute atomic E-state index is 0.381. The molecule has 0 spiro atoms. The predicted octanol–water partition coefficient (Wildman–Crippen LogP) is 1.42. The van der Waals surface area contributed by atoms with Crippen molar-refractivity contribution in [1.29, 1.82) is 5.26 Å². The van der Waals surface area contributed by atoms with Crippen molar-refractivity contribution in [2.24, 2.45) is 11.7 Å². The first-order valence-corrected chi connectivity index (χ1v) is 3.89. The molecule has 0 aromatic carbocycles. The Labute approximate surface area is 62.0 Å². The third-order valence-electron chi connectivity index (χ3n) is 2.57. The summed E-state index contributed by atoms with van der Waals surface area (Å²) < 4.78 is 0. The predicted molar refractivity (Wildman–Crippen MR) is 40.2 cm³/mol. The first kappa shape index (κ1) is 7.56. The number of hydrogen-bond acceptors (Lipinski definition) is 2. The Bertz CT molecular complexity index is 159. The van der Waals surface area contributed by atoms with Gasteiger partial charge >= 0.3 is 0 Å². The molecule has 1 saturated carbocycles. The van der Waals surface area contributed by atoms with Gasteiger partial charge in [0.1, 0.15) is 5.54 Å². The van der Waals surface area contributed by atoms with Crippen LogP contribution in [0.5, 0.6) is 0 Å². The second-order valence-electron chi connectivity index (χ2n) is 3.30. The van der Waals surface area contributed by atoms with Crippen molar-refractivity contribution in [2.75, 3.05) is 0 Å². The van der Waals surface area contributed by atoms with Gasteiger partial charge in [-0.05, 0) is 18.8 Å². The first-order valence-electron chi connectivity index (χ1n) is 3.89. The van der Waals surface area contributed by atoms with Gasteiger partial charge < -0.3 is 5.73 Å². The van der Waals surface area contributed by atoms with Gasteiger partial charge in [0.25, 0.3) is 0 Å². The van der Waals surface area contributed by atoms with Gasteiger partial charge in [-0.15, -0.1) is 0 Å². The summed E-state index contributed by atoms with van der Waals surface area (Å²) in [6, 6.07) is 2.21. The monoisotopic (exact) mass is 138 g/mol. The Morgan fingerprint density at radius 1 is 1.60 bits per heavy atom. The molecule has 0 amide bonds. The van der Waals surface area contributed by atoms with Crippen molar-refractivity contribution in [3.63, 3.8) is 0 Å². The average Bonchev–Trinajstić information content (AvgIpc) is 1.96. The SMILES string of the molecule is C[C@H]1CCCC[C@]1(N)C#N. The molecule has 0 radical (unpaired) electrons. The van der Waals surface area contributed by atoms with Crippen molar-refractivity contribution < 1.29 is 0 Å². The maximum atomic E-state index is 8.75. The highest BCUT2D eigenvalue weighted by atomic mass is 14.8. The molecule has 2 N–H and O–H groups in total. The Morgan fingerprint density at radius 2 is 2.30 bits per heavy atom. The molecule has 0 saturated heterocycles. The summed E-state index contributed by atoms with van der Waals surface area (Å²) in [5.74, 6) is 0.381. The van der Waals surface area contributed by atoms with Crippen LogP contribution in [0.4, 0.5) is 0 Å². The fourth-order valence-electron chi connectivity index (χ4n) is 1.54. The highest BCUT2D eigenvalue weighted by Crippen LogP contribution is 2.30. The zero-order valence-electron chi connectivity index (χ0n) is 6.43. The van der Waals surface area contributed by atoms with Crippen LogP contribution in [0.15, 0.2) is 0 Å². The number of nitriles is 1. The normalized spacial score (nSPS) is 40.7. The fourth-order valence-corrected chi connectivity index (χ4v) is 1.54. The Hall–Kier alpha value is -0.550. The number of hydrogen-bond donors (Lipinski definition) is 1. The van der Waals surface area contributed by atoms with E-state index in [1.54, 1.807) is 0 Å². The lowest BCUT2D eigenvalue weighted by molar-refractivity contribution is 0.265. The molecule has 1 fully saturated rings. The first-order chi connectivity index (χ1) is 4.69. The van der Waals surface area contributed by atoms with Crippen LogP contribution in [0, 0.1) is 17.2 Å². The van der Waals surface area contributed by atoms with Gasteiger partial charge in [0.05, 0.1) is 6.07 Å². The molecular weight excluding hydrogens is 124 g/mol. The molecule has 0 bridgehead atoms. The van der Waals surface area contributed by atoms with Crippen LogP contribution in [0.2, 0.25) is 0 Å². The molecule has 1 aliphatic carbocycles. The van der Waals surface area contributed by atoms with Crippen LogP contribution < -0.4 is 5.73 Å². The van der Waals surface area contributed by atoms with E-state index in [2.05, 4.69) is 13.0 Å². The summed E-state index contributed by atoms with van der Waals surface area (Å²) in [5.41, 5.74) is 5.33. The van der Waals surface area contributed by atoms with Crippen molar-refractivity contribution >= 4 is 0 Å². The van der Waals surface area contributed by atoms with Crippen molar-refractivity contribution in [3.8, 4) is 6.07 Å². The number of nitrogens with two attached hydrogens (primary N) is 1. The molecule has 0 aromatic rings. The van der Waals surface area contributed by atoms with E-state index >= 15 is 0 Å². The lowest BCUT2D eigenvalue weighted by atomic mass is 9.75. The van der Waals surface area contributed by atoms with E-state index in [1.165, 1.54) is 6.42 Å². The zero-order valence-corrected chi connectivity index (χ0v) is 6.43. The maximum Gasteiger partial charge on any atom is 0.106 e. The molecular formula is C8H14N2. The van der Waals surface area contributed by atoms with E-state index < -0.39 is 5.54 Å². The summed E-state index contributed by atoms with van der Waals surface area (Å²) >= 11 is 0. The second kappa shape index (κ2) is 2.59. The summed E-state index contributed by atoms with van der Waals surface area (Å²) in [5, 5.41) is 8.75. The highest BCUT2D eigenvalue weighted by Gasteiger charge is 2.33. The van der Waals surface area contributed by atoms with Crippen LogP contribution in [0.25, 0.3) is 0 Å². The minimum Gasteiger partial charge on any atom is -0.313 e. The van der Waals surface area contributed by atoms with E-state index in [-0.39, 0.29) is 0 Å². The Morgan fingerprint density at radius 3 is 2.70 bits per heavy atom. The lowest BCUT2D eigenvalue weighted by Crippen LogP contribution is -2.46. The molecule has 1 aliphatic rings. The van der Waals surface area contributed by atoms with Gasteiger partial charge in [-0.3, -0.25) is 0 Å². The van der Waals surface area contributed by atoms with E-state index in [9.17, 15) is 0 Å². The van der Waals surface area contributed by atoms with Gasteiger partial charge in [-0.1, -0.05) is 19.8 Å². The Kier molecular flexibility index (Phi) is 1.96. The van der Waals surface area contributed by atoms with Crippen LogP contribution in [-0.4, -0.2) is 5.54 Å². The molecule has 0 aliphatic heterocycles. The fraction of sp³-hybridized carbons (Fsp3) is 0.875. The van der Waals surface area contributed by atoms with Gasteiger partial charge in [0.2, 0.25) is 0 Å². The zero-order chi connectivity index (χ0) is 7.61. The molecule has 1 rings (SSSR count). The van der Waals surface area contributed by atoms with E-state index in [4.69, 9.17) is 11.0 Å². The van der Waals surface area contributed by atoms with Crippen molar-refractivity contribution in [2.45, 2.75) is 38.1 Å². The minimum atomic E-state index is -0.516. The molecule has 0 aromatic heterocycles. The molecule has 2 heteroatoms. The van der Waals surface area contributed by atoms with Crippen molar-refractivity contribution in [3.05, 3.63) is 0 Å². The molecule has 0 unspecified atom stereocenters. The third kappa shape index (κ3) is 1.15. The van der Waals surface area contributed by atoms with Crippen molar-refractivity contribution in [1.82, 2.24) is 0 Å². The Balaban J connectivity index is 2.65. The van der Waals surface area contributed by atoms with Gasteiger partial charge in [-0.2, -0.15) is 5.26 Å². The van der Waals surface area contributed by atoms with E-state index in [0.717, 1.165) is 19.3 Å². The topological polar surface area (TPSA) is 49.8 Å². The molecule has 2 nitrogen and oxygen atoms in total. The summed E-state index contributed by atoms with van der Waals surface area (Å²) in [6.45, 7) is 2.07. The third-order valence-corrected chi connectivity index (χ3v) is 2.57. The van der Waals surface area contributed by atoms with E-state index in [1.807, 2.05) is 0 Å². The largest absolute Gasteiger partial charge is 0.313 e. The smallest absolute Gasteiger partial charge is 0.106 e. The average molecular weight is 138 g/mol. The van der Waals surface area contributed by atoms with Gasteiger partial charge in [0.15, 0.2) is 0 Å². The maximum absolute atomic E-state index is 8.75. The van der Waals surface area contributed by atoms with Gasteiger partial charge in [-0.25, -0.2) is 0 Å². The molecule has 0 heterocycles. The highest BCUT2D eigenvalue weighted by molar-refractivity contribution is 5.08. The number of nitrogens with zero attached hydrogens (tertiary/aromatic N) is 1. The van der Waals surface area contributed by atoms with E-state index in [0.29, 0.717) is 5.92 Å². The summed E-state index contributed by atoms with van der Waals surface area (Å²) in [4.78, 5) is 0.